The standard InChI is InChI=1S/C17H12ClNO3S/c18-13-8-6-11(7-9-13)10-22-15-14(17(20)21)23-16(19-15)12-4-2-1-3-5-12/h1-9H,10H2,(H,20,21). The van der Waals surface area contributed by atoms with Crippen LogP contribution in [-0.4, -0.2) is 16.1 Å². The largest absolute Gasteiger partial charge is 0.477 e. The lowest BCUT2D eigenvalue weighted by atomic mass is 10.2. The number of aromatic nitrogens is 1. The van der Waals surface area contributed by atoms with E-state index in [2.05, 4.69) is 4.98 Å². The van der Waals surface area contributed by atoms with E-state index in [0.29, 0.717) is 10.0 Å². The van der Waals surface area contributed by atoms with E-state index in [1.54, 1.807) is 12.1 Å². The molecule has 0 radical (unpaired) electrons. The highest BCUT2D eigenvalue weighted by Gasteiger charge is 2.19. The van der Waals surface area contributed by atoms with Crippen LogP contribution in [0.5, 0.6) is 5.88 Å². The molecule has 3 aromatic rings. The molecule has 0 aliphatic rings. The van der Waals surface area contributed by atoms with Gasteiger partial charge in [0.15, 0.2) is 4.88 Å². The fourth-order valence-electron chi connectivity index (χ4n) is 1.98. The van der Waals surface area contributed by atoms with Crippen LogP contribution >= 0.6 is 22.9 Å². The third-order valence-electron chi connectivity index (χ3n) is 3.10. The van der Waals surface area contributed by atoms with Crippen molar-refractivity contribution >= 4 is 28.9 Å². The molecule has 0 saturated heterocycles. The van der Waals surface area contributed by atoms with Crippen molar-refractivity contribution in [3.8, 4) is 16.5 Å². The summed E-state index contributed by atoms with van der Waals surface area (Å²) in [6.45, 7) is 0.232. The molecule has 2 aromatic carbocycles. The highest BCUT2D eigenvalue weighted by molar-refractivity contribution is 7.17. The summed E-state index contributed by atoms with van der Waals surface area (Å²) in [6.07, 6.45) is 0. The van der Waals surface area contributed by atoms with Crippen molar-refractivity contribution in [1.29, 1.82) is 0 Å². The monoisotopic (exact) mass is 345 g/mol. The lowest BCUT2D eigenvalue weighted by molar-refractivity contribution is 0.0697. The number of benzene rings is 2. The number of aromatic carboxylic acids is 1. The lowest BCUT2D eigenvalue weighted by Gasteiger charge is -2.04. The Bertz CT molecular complexity index is 816. The minimum atomic E-state index is -1.05. The maximum Gasteiger partial charge on any atom is 0.351 e. The average molecular weight is 346 g/mol. The second-order valence-electron chi connectivity index (χ2n) is 4.74. The zero-order valence-electron chi connectivity index (χ0n) is 11.9. The fraction of sp³-hybridized carbons (Fsp3) is 0.0588. The van der Waals surface area contributed by atoms with Crippen LogP contribution in [0.4, 0.5) is 0 Å². The molecule has 23 heavy (non-hydrogen) atoms. The number of hydrogen-bond acceptors (Lipinski definition) is 4. The zero-order valence-corrected chi connectivity index (χ0v) is 13.5. The second-order valence-corrected chi connectivity index (χ2v) is 6.18. The molecule has 1 heterocycles. The molecular formula is C17H12ClNO3S. The van der Waals surface area contributed by atoms with Gasteiger partial charge in [-0.15, -0.1) is 11.3 Å². The molecule has 0 saturated carbocycles. The van der Waals surface area contributed by atoms with Gasteiger partial charge in [-0.1, -0.05) is 54.1 Å². The van der Waals surface area contributed by atoms with Crippen molar-refractivity contribution in [1.82, 2.24) is 4.98 Å². The smallest absolute Gasteiger partial charge is 0.351 e. The van der Waals surface area contributed by atoms with Gasteiger partial charge in [-0.3, -0.25) is 0 Å². The first-order chi connectivity index (χ1) is 11.1. The van der Waals surface area contributed by atoms with Crippen LogP contribution in [0.15, 0.2) is 54.6 Å². The minimum Gasteiger partial charge on any atom is -0.477 e. The van der Waals surface area contributed by atoms with Crippen molar-refractivity contribution in [2.45, 2.75) is 6.61 Å². The molecule has 0 atom stereocenters. The molecule has 0 amide bonds. The third-order valence-corrected chi connectivity index (χ3v) is 4.43. The maximum absolute atomic E-state index is 11.4. The summed E-state index contributed by atoms with van der Waals surface area (Å²) >= 11 is 6.94. The molecule has 1 aromatic heterocycles. The second kappa shape index (κ2) is 6.81. The molecule has 0 fully saturated rings. The molecular weight excluding hydrogens is 334 g/mol. The van der Waals surface area contributed by atoms with Crippen molar-refractivity contribution in [3.63, 3.8) is 0 Å². The van der Waals surface area contributed by atoms with Crippen LogP contribution in [-0.2, 0) is 6.61 Å². The van der Waals surface area contributed by atoms with Crippen LogP contribution in [0, 0.1) is 0 Å². The molecule has 4 nitrogen and oxygen atoms in total. The quantitative estimate of drug-likeness (QED) is 0.725. The lowest BCUT2D eigenvalue weighted by Crippen LogP contribution is -2.01. The Morgan fingerprint density at radius 1 is 1.13 bits per heavy atom. The Labute approximate surface area is 142 Å². The van der Waals surface area contributed by atoms with E-state index < -0.39 is 5.97 Å². The Morgan fingerprint density at radius 3 is 2.48 bits per heavy atom. The molecule has 6 heteroatoms. The number of nitrogens with zero attached hydrogens (tertiary/aromatic N) is 1. The molecule has 0 aliphatic carbocycles. The number of hydrogen-bond donors (Lipinski definition) is 1. The summed E-state index contributed by atoms with van der Waals surface area (Å²) in [5.74, 6) is -0.910. The van der Waals surface area contributed by atoms with Gasteiger partial charge in [-0.05, 0) is 17.7 Å². The Hall–Kier alpha value is -2.37. The normalized spacial score (nSPS) is 10.5. The van der Waals surface area contributed by atoms with E-state index in [4.69, 9.17) is 16.3 Å². The van der Waals surface area contributed by atoms with E-state index in [0.717, 1.165) is 22.5 Å². The highest BCUT2D eigenvalue weighted by atomic mass is 35.5. The van der Waals surface area contributed by atoms with Crippen LogP contribution in [0.25, 0.3) is 10.6 Å². The van der Waals surface area contributed by atoms with Gasteiger partial charge < -0.3 is 9.84 Å². The zero-order chi connectivity index (χ0) is 16.2. The maximum atomic E-state index is 11.4. The summed E-state index contributed by atoms with van der Waals surface area (Å²) in [5.41, 5.74) is 1.75. The van der Waals surface area contributed by atoms with Crippen LogP contribution < -0.4 is 4.74 Å². The minimum absolute atomic E-state index is 0.0952. The first kappa shape index (κ1) is 15.5. The number of carboxylic acids is 1. The van der Waals surface area contributed by atoms with Gasteiger partial charge in [0.1, 0.15) is 11.6 Å². The van der Waals surface area contributed by atoms with Gasteiger partial charge in [-0.2, -0.15) is 0 Å². The van der Waals surface area contributed by atoms with E-state index in [-0.39, 0.29) is 17.4 Å². The first-order valence-electron chi connectivity index (χ1n) is 6.80. The van der Waals surface area contributed by atoms with Gasteiger partial charge in [0.2, 0.25) is 5.88 Å². The number of rotatable bonds is 5. The van der Waals surface area contributed by atoms with Gasteiger partial charge in [0.25, 0.3) is 0 Å². The van der Waals surface area contributed by atoms with Crippen LogP contribution in [0.3, 0.4) is 0 Å². The Balaban J connectivity index is 1.84. The molecule has 0 aliphatic heterocycles. The van der Waals surface area contributed by atoms with Crippen molar-refractivity contribution < 1.29 is 14.6 Å². The molecule has 0 spiro atoms. The highest BCUT2D eigenvalue weighted by Crippen LogP contribution is 2.32. The van der Waals surface area contributed by atoms with E-state index in [1.807, 2.05) is 42.5 Å². The van der Waals surface area contributed by atoms with Crippen molar-refractivity contribution in [2.24, 2.45) is 0 Å². The Kier molecular flexibility index (Phi) is 4.60. The number of carboxylic acid groups (broad SMARTS) is 1. The molecule has 0 bridgehead atoms. The average Bonchev–Trinajstić information content (AvgIpc) is 3.00. The van der Waals surface area contributed by atoms with Crippen molar-refractivity contribution in [2.75, 3.05) is 0 Å². The number of halogens is 1. The number of thiazole rings is 1. The Morgan fingerprint density at radius 2 is 1.83 bits per heavy atom. The van der Waals surface area contributed by atoms with Gasteiger partial charge in [0, 0.05) is 10.6 Å². The molecule has 116 valence electrons. The molecule has 3 rings (SSSR count). The number of ether oxygens (including phenoxy) is 1. The van der Waals surface area contributed by atoms with E-state index in [1.165, 1.54) is 0 Å². The molecule has 1 N–H and O–H groups in total. The summed E-state index contributed by atoms with van der Waals surface area (Å²) < 4.78 is 5.60. The summed E-state index contributed by atoms with van der Waals surface area (Å²) in [5, 5.41) is 10.6. The van der Waals surface area contributed by atoms with Crippen LogP contribution in [0.1, 0.15) is 15.2 Å². The summed E-state index contributed by atoms with van der Waals surface area (Å²) in [4.78, 5) is 15.8. The van der Waals surface area contributed by atoms with Gasteiger partial charge in [-0.25, -0.2) is 9.78 Å². The predicted molar refractivity (Wildman–Crippen MR) is 90.3 cm³/mol. The van der Waals surface area contributed by atoms with Crippen molar-refractivity contribution in [3.05, 3.63) is 70.1 Å². The third kappa shape index (κ3) is 3.70. The van der Waals surface area contributed by atoms with E-state index >= 15 is 0 Å². The summed E-state index contributed by atoms with van der Waals surface area (Å²) in [6, 6.07) is 16.6. The molecule has 0 unspecified atom stereocenters. The predicted octanol–water partition coefficient (Wildman–Crippen LogP) is 4.74. The van der Waals surface area contributed by atoms with E-state index in [9.17, 15) is 9.90 Å². The van der Waals surface area contributed by atoms with Gasteiger partial charge in [0.05, 0.1) is 0 Å². The fourth-order valence-corrected chi connectivity index (χ4v) is 2.96. The first-order valence-corrected chi connectivity index (χ1v) is 8.00. The topological polar surface area (TPSA) is 59.4 Å². The van der Waals surface area contributed by atoms with Crippen LogP contribution in [0.2, 0.25) is 5.02 Å². The van der Waals surface area contributed by atoms with Gasteiger partial charge >= 0.3 is 5.97 Å². The summed E-state index contributed by atoms with van der Waals surface area (Å²) in [7, 11) is 0. The number of carbonyl (C=O) groups is 1. The SMILES string of the molecule is O=C(O)c1sc(-c2ccccc2)nc1OCc1ccc(Cl)cc1.